The first-order chi connectivity index (χ1) is 14.8. The third-order valence-electron chi connectivity index (χ3n) is 4.56. The number of aromatic nitrogens is 2. The summed E-state index contributed by atoms with van der Waals surface area (Å²) in [7, 11) is -4.24. The van der Waals surface area contributed by atoms with Gasteiger partial charge in [-0.1, -0.05) is 29.3 Å². The number of nitrogens with zero attached hydrogens (tertiary/aromatic N) is 3. The van der Waals surface area contributed by atoms with Crippen LogP contribution in [0.4, 0.5) is 5.69 Å². The Bertz CT molecular complexity index is 1370. The van der Waals surface area contributed by atoms with Gasteiger partial charge >= 0.3 is 5.97 Å². The Morgan fingerprint density at radius 3 is 2.42 bits per heavy atom. The second-order valence-corrected chi connectivity index (χ2v) is 9.36. The lowest BCUT2D eigenvalue weighted by Crippen LogP contribution is -2.35. The fraction of sp³-hybridized carbons (Fsp3) is 0.0476. The SMILES string of the molecule is O=C(O)CN(c1ccc2c(ccn2-c2ccccn2)c1)S(=O)(=O)c1cc(Cl)cc(Cl)c1. The Kier molecular flexibility index (Phi) is 5.62. The Balaban J connectivity index is 1.82. The van der Waals surface area contributed by atoms with Gasteiger partial charge in [-0.2, -0.15) is 0 Å². The van der Waals surface area contributed by atoms with Crippen LogP contribution < -0.4 is 4.31 Å². The van der Waals surface area contributed by atoms with E-state index in [-0.39, 0.29) is 20.6 Å². The fourth-order valence-electron chi connectivity index (χ4n) is 3.22. The van der Waals surface area contributed by atoms with E-state index < -0.39 is 22.5 Å². The zero-order valence-electron chi connectivity index (χ0n) is 15.8. The first kappa shape index (κ1) is 21.2. The van der Waals surface area contributed by atoms with E-state index in [1.807, 2.05) is 29.0 Å². The molecule has 0 unspecified atom stereocenters. The van der Waals surface area contributed by atoms with Crippen LogP contribution in [0.2, 0.25) is 10.0 Å². The molecular formula is C21H15Cl2N3O4S. The average molecular weight is 476 g/mol. The number of pyridine rings is 1. The second kappa shape index (κ2) is 8.22. The van der Waals surface area contributed by atoms with Crippen LogP contribution >= 0.6 is 23.2 Å². The summed E-state index contributed by atoms with van der Waals surface area (Å²) in [6.45, 7) is -0.765. The molecular weight excluding hydrogens is 461 g/mol. The monoisotopic (exact) mass is 475 g/mol. The molecule has 2 aromatic heterocycles. The summed E-state index contributed by atoms with van der Waals surface area (Å²) in [5.41, 5.74) is 0.991. The maximum absolute atomic E-state index is 13.3. The molecule has 0 spiro atoms. The third kappa shape index (κ3) is 4.23. The standard InChI is InChI=1S/C21H15Cl2N3O4S/c22-15-10-16(23)12-18(11-15)31(29,30)26(13-21(27)28)17-4-5-19-14(9-17)6-8-25(19)20-3-1-2-7-24-20/h1-12H,13H2,(H,27,28). The minimum Gasteiger partial charge on any atom is -0.480 e. The van der Waals surface area contributed by atoms with Crippen molar-refractivity contribution >= 4 is 55.8 Å². The molecule has 31 heavy (non-hydrogen) atoms. The molecule has 2 aromatic carbocycles. The van der Waals surface area contributed by atoms with E-state index in [1.165, 1.54) is 18.2 Å². The first-order valence-corrected chi connectivity index (χ1v) is 11.2. The van der Waals surface area contributed by atoms with E-state index in [4.69, 9.17) is 23.2 Å². The quantitative estimate of drug-likeness (QED) is 0.439. The van der Waals surface area contributed by atoms with Gasteiger partial charge in [0.05, 0.1) is 16.1 Å². The number of carbonyl (C=O) groups is 1. The van der Waals surface area contributed by atoms with Crippen molar-refractivity contribution in [2.24, 2.45) is 0 Å². The van der Waals surface area contributed by atoms with Gasteiger partial charge < -0.3 is 9.67 Å². The highest BCUT2D eigenvalue weighted by molar-refractivity contribution is 7.92. The highest BCUT2D eigenvalue weighted by Crippen LogP contribution is 2.31. The highest BCUT2D eigenvalue weighted by atomic mass is 35.5. The summed E-state index contributed by atoms with van der Waals surface area (Å²) < 4.78 is 29.2. The van der Waals surface area contributed by atoms with Gasteiger partial charge in [0.2, 0.25) is 0 Å². The van der Waals surface area contributed by atoms with Crippen LogP contribution in [0, 0.1) is 0 Å². The normalized spacial score (nSPS) is 11.5. The van der Waals surface area contributed by atoms with Crippen LogP contribution in [-0.4, -0.2) is 35.6 Å². The molecule has 10 heteroatoms. The van der Waals surface area contributed by atoms with Gasteiger partial charge in [0, 0.05) is 27.8 Å². The number of benzene rings is 2. The first-order valence-electron chi connectivity index (χ1n) is 8.99. The summed E-state index contributed by atoms with van der Waals surface area (Å²) in [4.78, 5) is 15.6. The fourth-order valence-corrected chi connectivity index (χ4v) is 5.36. The maximum atomic E-state index is 13.3. The van der Waals surface area contributed by atoms with Crippen molar-refractivity contribution < 1.29 is 18.3 Å². The molecule has 0 fully saturated rings. The molecule has 1 N–H and O–H groups in total. The third-order valence-corrected chi connectivity index (χ3v) is 6.75. The van der Waals surface area contributed by atoms with E-state index >= 15 is 0 Å². The number of fused-ring (bicyclic) bond motifs is 1. The molecule has 158 valence electrons. The van der Waals surface area contributed by atoms with Gasteiger partial charge in [0.1, 0.15) is 12.4 Å². The Morgan fingerprint density at radius 1 is 1.03 bits per heavy atom. The number of sulfonamides is 1. The topological polar surface area (TPSA) is 92.5 Å². The summed E-state index contributed by atoms with van der Waals surface area (Å²) >= 11 is 11.9. The molecule has 0 radical (unpaired) electrons. The van der Waals surface area contributed by atoms with Crippen molar-refractivity contribution in [3.63, 3.8) is 0 Å². The van der Waals surface area contributed by atoms with Gasteiger partial charge in [-0.05, 0) is 54.6 Å². The molecule has 0 bridgehead atoms. The van der Waals surface area contributed by atoms with E-state index in [0.717, 1.165) is 15.2 Å². The molecule has 4 aromatic rings. The number of anilines is 1. The summed E-state index contributed by atoms with van der Waals surface area (Å²) in [6.07, 6.45) is 3.48. The summed E-state index contributed by atoms with van der Waals surface area (Å²) in [6, 6.07) is 16.1. The predicted molar refractivity (Wildman–Crippen MR) is 120 cm³/mol. The maximum Gasteiger partial charge on any atom is 0.324 e. The van der Waals surface area contributed by atoms with Gasteiger partial charge in [-0.25, -0.2) is 13.4 Å². The molecule has 7 nitrogen and oxygen atoms in total. The lowest BCUT2D eigenvalue weighted by Gasteiger charge is -2.23. The molecule has 0 aliphatic carbocycles. The minimum absolute atomic E-state index is 0.129. The van der Waals surface area contributed by atoms with E-state index in [1.54, 1.807) is 30.5 Å². The predicted octanol–water partition coefficient (Wildman–Crippen LogP) is 4.61. The number of halogens is 2. The molecule has 0 atom stereocenters. The van der Waals surface area contributed by atoms with Crippen LogP contribution in [0.5, 0.6) is 0 Å². The average Bonchev–Trinajstić information content (AvgIpc) is 3.15. The molecule has 0 saturated heterocycles. The van der Waals surface area contributed by atoms with Gasteiger partial charge in [-0.3, -0.25) is 9.10 Å². The number of carboxylic acid groups (broad SMARTS) is 1. The van der Waals surface area contributed by atoms with Crippen molar-refractivity contribution in [2.75, 3.05) is 10.8 Å². The lowest BCUT2D eigenvalue weighted by atomic mass is 10.2. The summed E-state index contributed by atoms with van der Waals surface area (Å²) in [5.74, 6) is -0.600. The number of hydrogen-bond acceptors (Lipinski definition) is 4. The zero-order valence-corrected chi connectivity index (χ0v) is 18.1. The van der Waals surface area contributed by atoms with Crippen LogP contribution in [0.1, 0.15) is 0 Å². The number of rotatable bonds is 6. The minimum atomic E-state index is -4.24. The van der Waals surface area contributed by atoms with Gasteiger partial charge in [-0.15, -0.1) is 0 Å². The summed E-state index contributed by atoms with van der Waals surface area (Å²) in [5, 5.41) is 10.3. The number of hydrogen-bond donors (Lipinski definition) is 1. The number of aliphatic carboxylic acids is 1. The van der Waals surface area contributed by atoms with Crippen molar-refractivity contribution in [1.82, 2.24) is 9.55 Å². The molecule has 0 amide bonds. The van der Waals surface area contributed by atoms with E-state index in [0.29, 0.717) is 5.82 Å². The Morgan fingerprint density at radius 2 is 1.77 bits per heavy atom. The zero-order chi connectivity index (χ0) is 22.2. The largest absolute Gasteiger partial charge is 0.480 e. The molecule has 2 heterocycles. The molecule has 0 saturated carbocycles. The lowest BCUT2D eigenvalue weighted by molar-refractivity contribution is -0.135. The van der Waals surface area contributed by atoms with Crippen LogP contribution in [-0.2, 0) is 14.8 Å². The Labute approximate surface area is 188 Å². The van der Waals surface area contributed by atoms with Crippen LogP contribution in [0.25, 0.3) is 16.7 Å². The smallest absolute Gasteiger partial charge is 0.324 e. The van der Waals surface area contributed by atoms with Crippen molar-refractivity contribution in [3.8, 4) is 5.82 Å². The Hall–Kier alpha value is -3.07. The van der Waals surface area contributed by atoms with Crippen LogP contribution in [0.15, 0.2) is 78.0 Å². The van der Waals surface area contributed by atoms with Gasteiger partial charge in [0.15, 0.2) is 0 Å². The molecule has 0 aliphatic rings. The van der Waals surface area contributed by atoms with Crippen LogP contribution in [0.3, 0.4) is 0 Å². The van der Waals surface area contributed by atoms with Crippen molar-refractivity contribution in [3.05, 3.63) is 83.1 Å². The van der Waals surface area contributed by atoms with Gasteiger partial charge in [0.25, 0.3) is 10.0 Å². The van der Waals surface area contributed by atoms with E-state index in [2.05, 4.69) is 4.98 Å². The second-order valence-electron chi connectivity index (χ2n) is 6.63. The number of carboxylic acids is 1. The molecule has 0 aliphatic heterocycles. The van der Waals surface area contributed by atoms with Crippen molar-refractivity contribution in [2.45, 2.75) is 4.90 Å². The van der Waals surface area contributed by atoms with E-state index in [9.17, 15) is 18.3 Å². The molecule has 4 rings (SSSR count). The highest BCUT2D eigenvalue weighted by Gasteiger charge is 2.28. The van der Waals surface area contributed by atoms with Crippen molar-refractivity contribution in [1.29, 1.82) is 0 Å².